The van der Waals surface area contributed by atoms with E-state index >= 15 is 4.39 Å². The third-order valence-corrected chi connectivity index (χ3v) is 6.84. The van der Waals surface area contributed by atoms with Gasteiger partial charge in [0.2, 0.25) is 0 Å². The molecular formula is C30H32FN3O5. The van der Waals surface area contributed by atoms with Crippen molar-refractivity contribution in [1.29, 1.82) is 0 Å². The molecule has 1 aliphatic heterocycles. The molecule has 4 aromatic rings. The molecule has 0 bridgehead atoms. The van der Waals surface area contributed by atoms with Crippen LogP contribution in [0.2, 0.25) is 0 Å². The Morgan fingerprint density at radius 3 is 2.67 bits per heavy atom. The topological polar surface area (TPSA) is 95.2 Å². The molecule has 1 aliphatic rings. The normalized spacial score (nSPS) is 14.1. The molecule has 2 aromatic carbocycles. The number of carboxylic acid groups (broad SMARTS) is 1. The molecule has 0 saturated heterocycles. The number of aryl methyl sites for hydroxylation is 1. The predicted molar refractivity (Wildman–Crippen MR) is 145 cm³/mol. The molecule has 0 amide bonds. The summed E-state index contributed by atoms with van der Waals surface area (Å²) in [6.07, 6.45) is 0.0564. The number of rotatable bonds is 6. The van der Waals surface area contributed by atoms with E-state index in [1.54, 1.807) is 39.3 Å². The minimum atomic E-state index is -1.36. The van der Waals surface area contributed by atoms with Gasteiger partial charge in [-0.15, -0.1) is 0 Å². The van der Waals surface area contributed by atoms with Crippen LogP contribution < -0.4 is 9.47 Å². The van der Waals surface area contributed by atoms with Crippen molar-refractivity contribution < 1.29 is 28.5 Å². The predicted octanol–water partition coefficient (Wildman–Crippen LogP) is 6.09. The van der Waals surface area contributed by atoms with E-state index in [2.05, 4.69) is 0 Å². The molecule has 0 saturated carbocycles. The van der Waals surface area contributed by atoms with Crippen molar-refractivity contribution in [2.45, 2.75) is 59.2 Å². The fraction of sp³-hybridized carbons (Fsp3) is 0.367. The van der Waals surface area contributed by atoms with Crippen molar-refractivity contribution in [3.63, 3.8) is 0 Å². The average molecular weight is 534 g/mol. The number of hydrogen-bond donors (Lipinski definition) is 1. The highest BCUT2D eigenvalue weighted by molar-refractivity contribution is 5.82. The van der Waals surface area contributed by atoms with Crippen LogP contribution in [0, 0.1) is 19.7 Å². The number of ether oxygens (including phenoxy) is 3. The van der Waals surface area contributed by atoms with E-state index in [0.717, 1.165) is 23.1 Å². The van der Waals surface area contributed by atoms with Crippen LogP contribution in [0.1, 0.15) is 55.7 Å². The van der Waals surface area contributed by atoms with Gasteiger partial charge in [-0.25, -0.2) is 18.7 Å². The highest BCUT2D eigenvalue weighted by Crippen LogP contribution is 2.42. The number of halogens is 1. The SMILES string of the molecule is COc1cccc(-c2cc3nc(C)c(C(OC(C)(C)C)C(=O)O)c(-c4cc(F)c5c(c4C)CCCO5)n3n2)c1. The minimum absolute atomic E-state index is 0.254. The van der Waals surface area contributed by atoms with Crippen molar-refractivity contribution in [3.05, 3.63) is 64.6 Å². The van der Waals surface area contributed by atoms with Crippen LogP contribution in [0.3, 0.4) is 0 Å². The number of carboxylic acids is 1. The number of fused-ring (bicyclic) bond motifs is 2. The maximum absolute atomic E-state index is 15.5. The lowest BCUT2D eigenvalue weighted by atomic mass is 9.91. The summed E-state index contributed by atoms with van der Waals surface area (Å²) in [5, 5.41) is 15.2. The number of aromatic nitrogens is 3. The van der Waals surface area contributed by atoms with Crippen LogP contribution in [0.5, 0.6) is 11.5 Å². The van der Waals surface area contributed by atoms with Gasteiger partial charge in [0.15, 0.2) is 23.3 Å². The number of benzene rings is 2. The van der Waals surface area contributed by atoms with Crippen LogP contribution in [-0.4, -0.2) is 45.0 Å². The van der Waals surface area contributed by atoms with E-state index < -0.39 is 23.5 Å². The molecule has 2 aromatic heterocycles. The van der Waals surface area contributed by atoms with Crippen LogP contribution in [0.15, 0.2) is 36.4 Å². The zero-order chi connectivity index (χ0) is 28.1. The summed E-state index contributed by atoms with van der Waals surface area (Å²) < 4.78 is 34.2. The zero-order valence-corrected chi connectivity index (χ0v) is 23.0. The number of methoxy groups -OCH3 is 1. The lowest BCUT2D eigenvalue weighted by Crippen LogP contribution is -2.29. The Hall–Kier alpha value is -3.98. The molecular weight excluding hydrogens is 501 g/mol. The monoisotopic (exact) mass is 533 g/mol. The van der Waals surface area contributed by atoms with Crippen LogP contribution in [-0.2, 0) is 16.0 Å². The number of carbonyl (C=O) groups is 1. The molecule has 1 unspecified atom stereocenters. The van der Waals surface area contributed by atoms with Crippen molar-refractivity contribution in [1.82, 2.24) is 14.6 Å². The summed E-state index contributed by atoms with van der Waals surface area (Å²) in [4.78, 5) is 17.4. The van der Waals surface area contributed by atoms with Crippen LogP contribution in [0.25, 0.3) is 28.2 Å². The molecule has 0 aliphatic carbocycles. The van der Waals surface area contributed by atoms with Gasteiger partial charge in [0, 0.05) is 34.0 Å². The lowest BCUT2D eigenvalue weighted by molar-refractivity contribution is -0.160. The molecule has 8 nitrogen and oxygen atoms in total. The molecule has 0 radical (unpaired) electrons. The Morgan fingerprint density at radius 2 is 1.97 bits per heavy atom. The van der Waals surface area contributed by atoms with Gasteiger partial charge >= 0.3 is 5.97 Å². The average Bonchev–Trinajstić information content (AvgIpc) is 3.32. The van der Waals surface area contributed by atoms with Gasteiger partial charge in [0.25, 0.3) is 0 Å². The molecule has 0 spiro atoms. The van der Waals surface area contributed by atoms with Crippen molar-refractivity contribution in [2.75, 3.05) is 13.7 Å². The molecule has 0 fully saturated rings. The van der Waals surface area contributed by atoms with Gasteiger partial charge in [-0.1, -0.05) is 12.1 Å². The highest BCUT2D eigenvalue weighted by atomic mass is 19.1. The summed E-state index contributed by atoms with van der Waals surface area (Å²) in [6, 6.07) is 10.7. The molecule has 204 valence electrons. The number of nitrogens with zero attached hydrogens (tertiary/aromatic N) is 3. The largest absolute Gasteiger partial charge is 0.497 e. The maximum Gasteiger partial charge on any atom is 0.337 e. The molecule has 39 heavy (non-hydrogen) atoms. The maximum atomic E-state index is 15.5. The zero-order valence-electron chi connectivity index (χ0n) is 23.0. The Kier molecular flexibility index (Phi) is 6.80. The van der Waals surface area contributed by atoms with Crippen LogP contribution >= 0.6 is 0 Å². The summed E-state index contributed by atoms with van der Waals surface area (Å²) in [6.45, 7) is 9.47. The Labute approximate surface area is 226 Å². The second-order valence-electron chi connectivity index (χ2n) is 10.7. The van der Waals surface area contributed by atoms with Gasteiger partial charge in [-0.05, 0) is 71.2 Å². The summed E-state index contributed by atoms with van der Waals surface area (Å²) in [5.74, 6) is -0.742. The third kappa shape index (κ3) is 4.94. The summed E-state index contributed by atoms with van der Waals surface area (Å²) >= 11 is 0. The first-order chi connectivity index (χ1) is 18.5. The Morgan fingerprint density at radius 1 is 1.21 bits per heavy atom. The Bertz CT molecular complexity index is 1590. The van der Waals surface area contributed by atoms with Gasteiger partial charge in [-0.3, -0.25) is 0 Å². The van der Waals surface area contributed by atoms with Crippen molar-refractivity contribution in [2.24, 2.45) is 0 Å². The smallest absolute Gasteiger partial charge is 0.337 e. The van der Waals surface area contributed by atoms with E-state index in [0.29, 0.717) is 52.6 Å². The van der Waals surface area contributed by atoms with Gasteiger partial charge in [-0.2, -0.15) is 5.10 Å². The van der Waals surface area contributed by atoms with Crippen molar-refractivity contribution >= 4 is 11.6 Å². The van der Waals surface area contributed by atoms with Gasteiger partial charge in [0.05, 0.1) is 30.7 Å². The van der Waals surface area contributed by atoms with Gasteiger partial charge < -0.3 is 19.3 Å². The van der Waals surface area contributed by atoms with E-state index in [4.69, 9.17) is 24.3 Å². The quantitative estimate of drug-likeness (QED) is 0.320. The first kappa shape index (κ1) is 26.6. The summed E-state index contributed by atoms with van der Waals surface area (Å²) in [5.41, 5.74) is 4.43. The van der Waals surface area contributed by atoms with E-state index in [9.17, 15) is 9.90 Å². The molecule has 1 atom stereocenters. The fourth-order valence-electron chi connectivity index (χ4n) is 5.12. The third-order valence-electron chi connectivity index (χ3n) is 6.84. The van der Waals surface area contributed by atoms with E-state index in [1.807, 2.05) is 37.3 Å². The number of aliphatic carboxylic acids is 1. The first-order valence-electron chi connectivity index (χ1n) is 12.9. The van der Waals surface area contributed by atoms with E-state index in [-0.39, 0.29) is 5.75 Å². The highest BCUT2D eigenvalue weighted by Gasteiger charge is 2.34. The molecule has 1 N–H and O–H groups in total. The standard InChI is InChI=1S/C30H32FN3O5/c1-16-20-11-8-12-38-27(20)22(31)14-21(16)26-25(28(29(35)36)39-30(3,4)5)17(2)32-24-15-23(33-34(24)26)18-9-7-10-19(13-18)37-6/h7,9-10,13-15,28H,8,11-12H2,1-6H3,(H,35,36). The molecule has 5 rings (SSSR count). The Balaban J connectivity index is 1.86. The fourth-order valence-corrected chi connectivity index (χ4v) is 5.12. The molecule has 3 heterocycles. The van der Waals surface area contributed by atoms with Gasteiger partial charge in [0.1, 0.15) is 5.75 Å². The van der Waals surface area contributed by atoms with Crippen molar-refractivity contribution in [3.8, 4) is 34.0 Å². The number of hydrogen-bond acceptors (Lipinski definition) is 6. The lowest BCUT2D eigenvalue weighted by Gasteiger charge is -2.28. The second-order valence-corrected chi connectivity index (χ2v) is 10.7. The first-order valence-corrected chi connectivity index (χ1v) is 12.9. The summed E-state index contributed by atoms with van der Waals surface area (Å²) in [7, 11) is 1.59. The second kappa shape index (κ2) is 9.96. The van der Waals surface area contributed by atoms with Crippen LogP contribution in [0.4, 0.5) is 4.39 Å². The molecule has 9 heteroatoms. The van der Waals surface area contributed by atoms with E-state index in [1.165, 1.54) is 6.07 Å². The minimum Gasteiger partial charge on any atom is -0.497 e.